The number of halogens is 1. The normalized spacial score (nSPS) is 12.4. The second-order valence-electron chi connectivity index (χ2n) is 3.51. The molecule has 0 saturated carbocycles. The van der Waals surface area contributed by atoms with Crippen molar-refractivity contribution < 1.29 is 5.11 Å². The summed E-state index contributed by atoms with van der Waals surface area (Å²) < 4.78 is 0.904. The van der Waals surface area contributed by atoms with Gasteiger partial charge in [-0.15, -0.1) is 0 Å². The minimum absolute atomic E-state index is 0.472. The molecule has 3 nitrogen and oxygen atoms in total. The van der Waals surface area contributed by atoms with Gasteiger partial charge < -0.3 is 5.11 Å². The summed E-state index contributed by atoms with van der Waals surface area (Å²) in [6, 6.07) is 5.85. The number of aromatic nitrogens is 2. The monoisotopic (exact) mass is 310 g/mol. The molecule has 0 amide bonds. The standard InChI is InChI=1S/C12H11BrN2OS/c1-8(16)10-3-2-9(6-11(10)13)17-12-7-14-4-5-15-12/h2-8,16H,1H3. The summed E-state index contributed by atoms with van der Waals surface area (Å²) in [4.78, 5) is 9.27. The van der Waals surface area contributed by atoms with E-state index < -0.39 is 6.10 Å². The van der Waals surface area contributed by atoms with Crippen molar-refractivity contribution in [1.82, 2.24) is 9.97 Å². The lowest BCUT2D eigenvalue weighted by Gasteiger charge is -2.09. The van der Waals surface area contributed by atoms with Gasteiger partial charge in [-0.3, -0.25) is 4.98 Å². The van der Waals surface area contributed by atoms with Crippen molar-refractivity contribution in [3.05, 3.63) is 46.8 Å². The van der Waals surface area contributed by atoms with E-state index in [-0.39, 0.29) is 0 Å². The Morgan fingerprint density at radius 3 is 2.76 bits per heavy atom. The highest BCUT2D eigenvalue weighted by molar-refractivity contribution is 9.10. The minimum Gasteiger partial charge on any atom is -0.389 e. The van der Waals surface area contributed by atoms with Crippen LogP contribution in [0.25, 0.3) is 0 Å². The van der Waals surface area contributed by atoms with Crippen LogP contribution < -0.4 is 0 Å². The smallest absolute Gasteiger partial charge is 0.119 e. The number of aliphatic hydroxyl groups excluding tert-OH is 1. The molecule has 2 rings (SSSR count). The van der Waals surface area contributed by atoms with Crippen LogP contribution in [0.3, 0.4) is 0 Å². The Kier molecular flexibility index (Phi) is 4.15. The van der Waals surface area contributed by atoms with E-state index in [2.05, 4.69) is 25.9 Å². The zero-order chi connectivity index (χ0) is 12.3. The molecule has 17 heavy (non-hydrogen) atoms. The quantitative estimate of drug-likeness (QED) is 0.943. The summed E-state index contributed by atoms with van der Waals surface area (Å²) in [6.07, 6.45) is 4.57. The first-order valence-corrected chi connectivity index (χ1v) is 6.69. The molecule has 0 radical (unpaired) electrons. The summed E-state index contributed by atoms with van der Waals surface area (Å²) in [7, 11) is 0. The van der Waals surface area contributed by atoms with Crippen LogP contribution in [-0.2, 0) is 0 Å². The molecule has 1 N–H and O–H groups in total. The third-order valence-electron chi connectivity index (χ3n) is 2.18. The number of rotatable bonds is 3. The van der Waals surface area contributed by atoms with Gasteiger partial charge in [-0.1, -0.05) is 33.8 Å². The summed E-state index contributed by atoms with van der Waals surface area (Å²) in [6.45, 7) is 1.75. The Hall–Kier alpha value is -0.910. The summed E-state index contributed by atoms with van der Waals surface area (Å²) in [5.74, 6) is 0. The molecule has 0 spiro atoms. The number of hydrogen-bond donors (Lipinski definition) is 1. The van der Waals surface area contributed by atoms with Crippen molar-refractivity contribution in [2.75, 3.05) is 0 Å². The van der Waals surface area contributed by atoms with Crippen LogP contribution in [-0.4, -0.2) is 15.1 Å². The molecule has 0 bridgehead atoms. The van der Waals surface area contributed by atoms with Crippen molar-refractivity contribution in [3.8, 4) is 0 Å². The van der Waals surface area contributed by atoms with Gasteiger partial charge in [0.1, 0.15) is 5.03 Å². The number of aliphatic hydroxyl groups is 1. The van der Waals surface area contributed by atoms with Gasteiger partial charge in [-0.05, 0) is 24.6 Å². The molecule has 1 aromatic heterocycles. The Balaban J connectivity index is 2.21. The molecule has 1 aromatic carbocycles. The van der Waals surface area contributed by atoms with E-state index in [0.29, 0.717) is 0 Å². The third-order valence-corrected chi connectivity index (χ3v) is 3.78. The van der Waals surface area contributed by atoms with Crippen molar-refractivity contribution >= 4 is 27.7 Å². The maximum atomic E-state index is 9.53. The summed E-state index contributed by atoms with van der Waals surface area (Å²) in [5, 5.41) is 10.4. The predicted molar refractivity (Wildman–Crippen MR) is 70.9 cm³/mol. The van der Waals surface area contributed by atoms with E-state index >= 15 is 0 Å². The van der Waals surface area contributed by atoms with Crippen molar-refractivity contribution in [2.45, 2.75) is 22.9 Å². The Morgan fingerprint density at radius 1 is 1.35 bits per heavy atom. The van der Waals surface area contributed by atoms with E-state index in [1.165, 1.54) is 11.8 Å². The van der Waals surface area contributed by atoms with Crippen LogP contribution in [0.5, 0.6) is 0 Å². The fourth-order valence-electron chi connectivity index (χ4n) is 1.37. The second-order valence-corrected chi connectivity index (χ2v) is 5.45. The van der Waals surface area contributed by atoms with E-state index in [1.54, 1.807) is 25.5 Å². The maximum absolute atomic E-state index is 9.53. The van der Waals surface area contributed by atoms with E-state index in [1.807, 2.05) is 18.2 Å². The van der Waals surface area contributed by atoms with Crippen molar-refractivity contribution in [3.63, 3.8) is 0 Å². The lowest BCUT2D eigenvalue weighted by Crippen LogP contribution is -1.92. The molecule has 1 heterocycles. The first-order chi connectivity index (χ1) is 8.16. The molecule has 1 atom stereocenters. The molecular weight excluding hydrogens is 300 g/mol. The largest absolute Gasteiger partial charge is 0.389 e. The van der Waals surface area contributed by atoms with Gasteiger partial charge in [0.15, 0.2) is 0 Å². The predicted octanol–water partition coefficient (Wildman–Crippen LogP) is 3.44. The van der Waals surface area contributed by atoms with Crippen LogP contribution >= 0.6 is 27.7 Å². The Labute approximate surface area is 112 Å². The van der Waals surface area contributed by atoms with Crippen LogP contribution in [0.2, 0.25) is 0 Å². The lowest BCUT2D eigenvalue weighted by molar-refractivity contribution is 0.198. The Morgan fingerprint density at radius 2 is 2.18 bits per heavy atom. The van der Waals surface area contributed by atoms with Gasteiger partial charge in [-0.25, -0.2) is 4.98 Å². The Bertz CT molecular complexity index is 505. The molecule has 0 aliphatic carbocycles. The van der Waals surface area contributed by atoms with Crippen LogP contribution in [0.1, 0.15) is 18.6 Å². The molecule has 0 fully saturated rings. The third kappa shape index (κ3) is 3.28. The maximum Gasteiger partial charge on any atom is 0.119 e. The fourth-order valence-corrected chi connectivity index (χ4v) is 3.01. The van der Waals surface area contributed by atoms with Gasteiger partial charge in [0, 0.05) is 21.8 Å². The number of hydrogen-bond acceptors (Lipinski definition) is 4. The molecule has 5 heteroatoms. The van der Waals surface area contributed by atoms with Gasteiger partial charge in [0.25, 0.3) is 0 Å². The zero-order valence-electron chi connectivity index (χ0n) is 9.17. The average molecular weight is 311 g/mol. The minimum atomic E-state index is -0.472. The van der Waals surface area contributed by atoms with Crippen molar-refractivity contribution in [2.24, 2.45) is 0 Å². The van der Waals surface area contributed by atoms with Crippen molar-refractivity contribution in [1.29, 1.82) is 0 Å². The molecule has 0 saturated heterocycles. The highest BCUT2D eigenvalue weighted by atomic mass is 79.9. The second kappa shape index (κ2) is 5.62. The highest BCUT2D eigenvalue weighted by Gasteiger charge is 2.07. The van der Waals surface area contributed by atoms with E-state index in [9.17, 15) is 5.11 Å². The molecule has 0 aliphatic rings. The zero-order valence-corrected chi connectivity index (χ0v) is 11.6. The average Bonchev–Trinajstić information content (AvgIpc) is 2.30. The first kappa shape index (κ1) is 12.5. The van der Waals surface area contributed by atoms with Gasteiger partial charge in [0.2, 0.25) is 0 Å². The summed E-state index contributed by atoms with van der Waals surface area (Å²) in [5.41, 5.74) is 0.883. The van der Waals surface area contributed by atoms with E-state index in [0.717, 1.165) is 20.0 Å². The fraction of sp³-hybridized carbons (Fsp3) is 0.167. The van der Waals surface area contributed by atoms with Crippen LogP contribution in [0.4, 0.5) is 0 Å². The number of benzene rings is 1. The highest BCUT2D eigenvalue weighted by Crippen LogP contribution is 2.31. The van der Waals surface area contributed by atoms with Gasteiger partial charge in [0.05, 0.1) is 12.3 Å². The molecule has 2 aromatic rings. The summed E-state index contributed by atoms with van der Waals surface area (Å²) >= 11 is 4.99. The van der Waals surface area contributed by atoms with Gasteiger partial charge in [-0.2, -0.15) is 0 Å². The van der Waals surface area contributed by atoms with Gasteiger partial charge >= 0.3 is 0 Å². The van der Waals surface area contributed by atoms with Crippen LogP contribution in [0.15, 0.2) is 51.2 Å². The first-order valence-electron chi connectivity index (χ1n) is 5.08. The molecule has 1 unspecified atom stereocenters. The molecular formula is C12H11BrN2OS. The van der Waals surface area contributed by atoms with Crippen LogP contribution in [0, 0.1) is 0 Å². The topological polar surface area (TPSA) is 46.0 Å². The van der Waals surface area contributed by atoms with E-state index in [4.69, 9.17) is 0 Å². The lowest BCUT2D eigenvalue weighted by atomic mass is 10.1. The molecule has 88 valence electrons. The number of nitrogens with zero attached hydrogens (tertiary/aromatic N) is 2. The SMILES string of the molecule is CC(O)c1ccc(Sc2cnccn2)cc1Br. The molecule has 0 aliphatic heterocycles.